The normalized spacial score (nSPS) is 13.7. The van der Waals surface area contributed by atoms with Gasteiger partial charge in [-0.25, -0.2) is 0 Å². The molecule has 1 aliphatic heterocycles. The Labute approximate surface area is 200 Å². The minimum atomic E-state index is -0.196. The van der Waals surface area contributed by atoms with Crippen LogP contribution in [-0.2, 0) is 4.79 Å². The molecular weight excluding hydrogens is 426 g/mol. The summed E-state index contributed by atoms with van der Waals surface area (Å²) in [5.41, 5.74) is 4.20. The van der Waals surface area contributed by atoms with Crippen LogP contribution in [0.2, 0.25) is 0 Å². The van der Waals surface area contributed by atoms with Gasteiger partial charge in [0.15, 0.2) is 0 Å². The molecule has 2 amide bonds. The Morgan fingerprint density at radius 3 is 2.26 bits per heavy atom. The fourth-order valence-corrected chi connectivity index (χ4v) is 4.07. The molecule has 0 aromatic heterocycles. The molecule has 174 valence electrons. The number of carbonyl (C=O) groups excluding carboxylic acids is 2. The van der Waals surface area contributed by atoms with Crippen molar-refractivity contribution >= 4 is 29.3 Å². The van der Waals surface area contributed by atoms with Gasteiger partial charge in [0.05, 0.1) is 12.7 Å². The van der Waals surface area contributed by atoms with Gasteiger partial charge < -0.3 is 19.9 Å². The number of hydrogen-bond acceptors (Lipinski definition) is 4. The largest absolute Gasteiger partial charge is 0.496 e. The third kappa shape index (κ3) is 5.46. The number of hydrogen-bond donors (Lipinski definition) is 1. The molecular formula is C28H29N3O3. The molecule has 4 rings (SSSR count). The second-order valence-corrected chi connectivity index (χ2v) is 8.21. The molecule has 6 heteroatoms. The average molecular weight is 456 g/mol. The van der Waals surface area contributed by atoms with Crippen LogP contribution in [-0.4, -0.2) is 50.0 Å². The molecule has 0 spiro atoms. The molecule has 1 saturated heterocycles. The van der Waals surface area contributed by atoms with E-state index in [-0.39, 0.29) is 11.8 Å². The van der Waals surface area contributed by atoms with E-state index in [0.29, 0.717) is 24.4 Å². The third-order valence-corrected chi connectivity index (χ3v) is 5.98. The molecule has 1 fully saturated rings. The fraction of sp³-hybridized carbons (Fsp3) is 0.214. The molecule has 0 atom stereocenters. The molecule has 3 aromatic carbocycles. The number of nitrogens with one attached hydrogen (secondary N) is 1. The molecule has 34 heavy (non-hydrogen) atoms. The maximum Gasteiger partial charge on any atom is 0.259 e. The van der Waals surface area contributed by atoms with Crippen LogP contribution in [0.4, 0.5) is 11.4 Å². The zero-order chi connectivity index (χ0) is 23.9. The van der Waals surface area contributed by atoms with Gasteiger partial charge in [0.2, 0.25) is 5.91 Å². The van der Waals surface area contributed by atoms with Crippen LogP contribution in [0.25, 0.3) is 6.08 Å². The zero-order valence-corrected chi connectivity index (χ0v) is 19.5. The Morgan fingerprint density at radius 1 is 0.882 bits per heavy atom. The summed E-state index contributed by atoms with van der Waals surface area (Å²) >= 11 is 0. The van der Waals surface area contributed by atoms with Crippen molar-refractivity contribution in [3.05, 3.63) is 95.6 Å². The van der Waals surface area contributed by atoms with E-state index in [1.54, 1.807) is 19.3 Å². The Morgan fingerprint density at radius 2 is 1.59 bits per heavy atom. The standard InChI is InChI=1S/C28H29N3O3/c1-21-7-6-10-25(34-2)27(21)28(33)29-23-12-14-24(15-13-23)30-17-19-31(20-18-30)26(32)16-11-22-8-4-3-5-9-22/h3-16H,17-20H2,1-2H3,(H,29,33)/b16-11+. The summed E-state index contributed by atoms with van der Waals surface area (Å²) in [5.74, 6) is 0.395. The number of nitrogens with zero attached hydrogens (tertiary/aromatic N) is 2. The first-order valence-corrected chi connectivity index (χ1v) is 11.4. The minimum Gasteiger partial charge on any atom is -0.496 e. The maximum absolute atomic E-state index is 12.8. The topological polar surface area (TPSA) is 61.9 Å². The van der Waals surface area contributed by atoms with Crippen LogP contribution in [0.5, 0.6) is 5.75 Å². The fourth-order valence-electron chi connectivity index (χ4n) is 4.07. The first-order chi connectivity index (χ1) is 16.5. The van der Waals surface area contributed by atoms with Crippen LogP contribution >= 0.6 is 0 Å². The number of aryl methyl sites for hydroxylation is 1. The summed E-state index contributed by atoms with van der Waals surface area (Å²) in [4.78, 5) is 29.4. The number of benzene rings is 3. The lowest BCUT2D eigenvalue weighted by molar-refractivity contribution is -0.126. The zero-order valence-electron chi connectivity index (χ0n) is 19.5. The van der Waals surface area contributed by atoms with Gasteiger partial charge in [0.25, 0.3) is 5.91 Å². The van der Waals surface area contributed by atoms with Gasteiger partial charge >= 0.3 is 0 Å². The van der Waals surface area contributed by atoms with Gasteiger partial charge in [0.1, 0.15) is 5.75 Å². The van der Waals surface area contributed by atoms with E-state index in [1.807, 2.05) is 84.6 Å². The van der Waals surface area contributed by atoms with Crippen LogP contribution in [0.15, 0.2) is 78.9 Å². The number of carbonyl (C=O) groups is 2. The Balaban J connectivity index is 1.32. The van der Waals surface area contributed by atoms with Crippen molar-refractivity contribution in [2.45, 2.75) is 6.92 Å². The highest BCUT2D eigenvalue weighted by atomic mass is 16.5. The van der Waals surface area contributed by atoms with Crippen molar-refractivity contribution in [1.82, 2.24) is 4.90 Å². The number of ether oxygens (including phenoxy) is 1. The van der Waals surface area contributed by atoms with Crippen LogP contribution in [0.1, 0.15) is 21.5 Å². The predicted octanol–water partition coefficient (Wildman–Crippen LogP) is 4.62. The quantitative estimate of drug-likeness (QED) is 0.551. The summed E-state index contributed by atoms with van der Waals surface area (Å²) in [6.07, 6.45) is 3.50. The van der Waals surface area contributed by atoms with E-state index in [2.05, 4.69) is 10.2 Å². The van der Waals surface area contributed by atoms with E-state index >= 15 is 0 Å². The van der Waals surface area contributed by atoms with Crippen LogP contribution < -0.4 is 15.0 Å². The lowest BCUT2D eigenvalue weighted by Crippen LogP contribution is -2.48. The highest BCUT2D eigenvalue weighted by Gasteiger charge is 2.20. The molecule has 0 saturated carbocycles. The number of rotatable bonds is 6. The number of piperazine rings is 1. The molecule has 1 N–H and O–H groups in total. The Hall–Kier alpha value is -4.06. The molecule has 0 bridgehead atoms. The highest BCUT2D eigenvalue weighted by molar-refractivity contribution is 6.07. The van der Waals surface area contributed by atoms with E-state index in [0.717, 1.165) is 35.6 Å². The number of anilines is 2. The van der Waals surface area contributed by atoms with E-state index in [4.69, 9.17) is 4.74 Å². The van der Waals surface area contributed by atoms with Crippen LogP contribution in [0, 0.1) is 6.92 Å². The summed E-state index contributed by atoms with van der Waals surface area (Å²) in [6, 6.07) is 23.2. The van der Waals surface area contributed by atoms with Crippen molar-refractivity contribution in [3.63, 3.8) is 0 Å². The van der Waals surface area contributed by atoms with Crippen molar-refractivity contribution in [2.24, 2.45) is 0 Å². The van der Waals surface area contributed by atoms with E-state index in [1.165, 1.54) is 0 Å². The summed E-state index contributed by atoms with van der Waals surface area (Å²) in [6.45, 7) is 4.75. The predicted molar refractivity (Wildman–Crippen MR) is 136 cm³/mol. The van der Waals surface area contributed by atoms with Gasteiger partial charge in [-0.2, -0.15) is 0 Å². The molecule has 0 unspecified atom stereocenters. The monoisotopic (exact) mass is 455 g/mol. The molecule has 0 aliphatic carbocycles. The van der Waals surface area contributed by atoms with Crippen molar-refractivity contribution in [1.29, 1.82) is 0 Å². The van der Waals surface area contributed by atoms with Gasteiger partial charge in [-0.15, -0.1) is 0 Å². The highest BCUT2D eigenvalue weighted by Crippen LogP contribution is 2.24. The Kier molecular flexibility index (Phi) is 7.28. The molecule has 6 nitrogen and oxygen atoms in total. The van der Waals surface area contributed by atoms with Crippen LogP contribution in [0.3, 0.4) is 0 Å². The first-order valence-electron chi connectivity index (χ1n) is 11.4. The lowest BCUT2D eigenvalue weighted by Gasteiger charge is -2.35. The second-order valence-electron chi connectivity index (χ2n) is 8.21. The Bertz CT molecular complexity index is 1170. The van der Waals surface area contributed by atoms with Gasteiger partial charge in [0, 0.05) is 43.6 Å². The van der Waals surface area contributed by atoms with Crippen molar-refractivity contribution in [3.8, 4) is 5.75 Å². The summed E-state index contributed by atoms with van der Waals surface area (Å²) in [7, 11) is 1.56. The average Bonchev–Trinajstić information content (AvgIpc) is 2.88. The molecule has 0 radical (unpaired) electrons. The SMILES string of the molecule is COc1cccc(C)c1C(=O)Nc1ccc(N2CCN(C(=O)/C=C/c3ccccc3)CC2)cc1. The molecule has 3 aromatic rings. The molecule has 1 heterocycles. The van der Waals surface area contributed by atoms with Gasteiger partial charge in [-0.1, -0.05) is 42.5 Å². The second kappa shape index (κ2) is 10.7. The van der Waals surface area contributed by atoms with E-state index < -0.39 is 0 Å². The summed E-state index contributed by atoms with van der Waals surface area (Å²) in [5, 5.41) is 2.96. The lowest BCUT2D eigenvalue weighted by atomic mass is 10.1. The molecule has 1 aliphatic rings. The number of amides is 2. The smallest absolute Gasteiger partial charge is 0.259 e. The van der Waals surface area contributed by atoms with E-state index in [9.17, 15) is 9.59 Å². The number of methoxy groups -OCH3 is 1. The van der Waals surface area contributed by atoms with Gasteiger partial charge in [-0.05, 0) is 54.5 Å². The van der Waals surface area contributed by atoms with Gasteiger partial charge in [-0.3, -0.25) is 9.59 Å². The minimum absolute atomic E-state index is 0.0354. The maximum atomic E-state index is 12.8. The third-order valence-electron chi connectivity index (χ3n) is 5.98. The van der Waals surface area contributed by atoms with Crippen molar-refractivity contribution < 1.29 is 14.3 Å². The summed E-state index contributed by atoms with van der Waals surface area (Å²) < 4.78 is 5.35. The first kappa shape index (κ1) is 23.1. The van der Waals surface area contributed by atoms with Crippen molar-refractivity contribution in [2.75, 3.05) is 43.5 Å².